The summed E-state index contributed by atoms with van der Waals surface area (Å²) in [4.78, 5) is 0. The van der Waals surface area contributed by atoms with E-state index < -0.39 is 5.60 Å². The van der Waals surface area contributed by atoms with Gasteiger partial charge in [0.25, 0.3) is 0 Å². The van der Waals surface area contributed by atoms with E-state index in [-0.39, 0.29) is 0 Å². The molecule has 2 rings (SSSR count). The van der Waals surface area contributed by atoms with E-state index >= 15 is 0 Å². The summed E-state index contributed by atoms with van der Waals surface area (Å²) in [7, 11) is 1.61. The Balaban J connectivity index is 2.43. The lowest BCUT2D eigenvalue weighted by atomic mass is 9.87. The number of benzene rings is 1. The molecule has 14 heavy (non-hydrogen) atoms. The summed E-state index contributed by atoms with van der Waals surface area (Å²) in [6.45, 7) is 1.17. The van der Waals surface area contributed by atoms with Crippen molar-refractivity contribution in [2.45, 2.75) is 5.60 Å². The molecule has 0 bridgehead atoms. The van der Waals surface area contributed by atoms with Crippen LogP contribution in [0.3, 0.4) is 0 Å². The van der Waals surface area contributed by atoms with E-state index in [0.717, 1.165) is 15.8 Å². The predicted octanol–water partition coefficient (Wildman–Crippen LogP) is 1.25. The van der Waals surface area contributed by atoms with Gasteiger partial charge in [-0.3, -0.25) is 0 Å². The molecule has 3 nitrogen and oxygen atoms in total. The summed E-state index contributed by atoms with van der Waals surface area (Å²) in [6.07, 6.45) is 0. The zero-order chi connectivity index (χ0) is 10.2. The smallest absolute Gasteiger partial charge is 0.125 e. The molecular formula is C10H12BrNO2. The van der Waals surface area contributed by atoms with Gasteiger partial charge in [0, 0.05) is 23.1 Å². The van der Waals surface area contributed by atoms with Gasteiger partial charge in [-0.25, -0.2) is 0 Å². The van der Waals surface area contributed by atoms with Crippen molar-refractivity contribution in [3.05, 3.63) is 28.2 Å². The Hall–Kier alpha value is -0.580. The molecule has 0 amide bonds. The van der Waals surface area contributed by atoms with E-state index in [1.54, 1.807) is 7.11 Å². The molecule has 1 aliphatic heterocycles. The van der Waals surface area contributed by atoms with Gasteiger partial charge in [-0.15, -0.1) is 0 Å². The lowest BCUT2D eigenvalue weighted by Gasteiger charge is -2.38. The lowest BCUT2D eigenvalue weighted by Crippen LogP contribution is -2.56. The molecule has 4 heteroatoms. The van der Waals surface area contributed by atoms with Gasteiger partial charge >= 0.3 is 0 Å². The van der Waals surface area contributed by atoms with Gasteiger partial charge in [-0.05, 0) is 18.2 Å². The zero-order valence-corrected chi connectivity index (χ0v) is 9.47. The van der Waals surface area contributed by atoms with Gasteiger partial charge in [0.2, 0.25) is 0 Å². The van der Waals surface area contributed by atoms with Gasteiger partial charge in [-0.2, -0.15) is 0 Å². The van der Waals surface area contributed by atoms with Gasteiger partial charge in [0.15, 0.2) is 0 Å². The molecule has 1 aromatic rings. The summed E-state index contributed by atoms with van der Waals surface area (Å²) < 4.78 is 6.17. The van der Waals surface area contributed by atoms with E-state index in [4.69, 9.17) is 4.74 Å². The van der Waals surface area contributed by atoms with Crippen LogP contribution in [0.1, 0.15) is 5.56 Å². The van der Waals surface area contributed by atoms with Crippen LogP contribution in [0, 0.1) is 0 Å². The second-order valence-electron chi connectivity index (χ2n) is 3.48. The van der Waals surface area contributed by atoms with E-state index in [9.17, 15) is 5.11 Å². The molecule has 1 saturated heterocycles. The predicted molar refractivity (Wildman–Crippen MR) is 57.5 cm³/mol. The maximum absolute atomic E-state index is 10.2. The van der Waals surface area contributed by atoms with Crippen molar-refractivity contribution < 1.29 is 9.84 Å². The molecule has 1 aromatic carbocycles. The maximum atomic E-state index is 10.2. The minimum Gasteiger partial charge on any atom is -0.496 e. The molecule has 1 aliphatic rings. The third-order valence-electron chi connectivity index (χ3n) is 2.50. The third-order valence-corrected chi connectivity index (χ3v) is 2.99. The van der Waals surface area contributed by atoms with Crippen molar-refractivity contribution in [1.29, 1.82) is 0 Å². The van der Waals surface area contributed by atoms with Crippen molar-refractivity contribution in [2.75, 3.05) is 20.2 Å². The fourth-order valence-electron chi connectivity index (χ4n) is 1.60. The van der Waals surface area contributed by atoms with Crippen molar-refractivity contribution >= 4 is 15.9 Å². The highest BCUT2D eigenvalue weighted by atomic mass is 79.9. The highest BCUT2D eigenvalue weighted by molar-refractivity contribution is 9.10. The molecule has 2 N–H and O–H groups in total. The van der Waals surface area contributed by atoms with Crippen LogP contribution in [0.5, 0.6) is 5.75 Å². The number of hydrogen-bond donors (Lipinski definition) is 2. The Morgan fingerprint density at radius 1 is 1.50 bits per heavy atom. The largest absolute Gasteiger partial charge is 0.496 e. The molecule has 76 valence electrons. The van der Waals surface area contributed by atoms with E-state index in [0.29, 0.717) is 13.1 Å². The van der Waals surface area contributed by atoms with E-state index in [2.05, 4.69) is 21.2 Å². The fraction of sp³-hybridized carbons (Fsp3) is 0.400. The van der Waals surface area contributed by atoms with Crippen molar-refractivity contribution in [2.24, 2.45) is 0 Å². The van der Waals surface area contributed by atoms with Crippen LogP contribution in [-0.2, 0) is 5.60 Å². The van der Waals surface area contributed by atoms with Crippen LogP contribution in [0.2, 0.25) is 0 Å². The Bertz CT molecular complexity index is 350. The number of methoxy groups -OCH3 is 1. The SMILES string of the molecule is COc1ccc(Br)cc1C1(O)CNC1. The molecule has 0 spiro atoms. The van der Waals surface area contributed by atoms with Crippen LogP contribution < -0.4 is 10.1 Å². The topological polar surface area (TPSA) is 41.5 Å². The van der Waals surface area contributed by atoms with Gasteiger partial charge < -0.3 is 15.2 Å². The number of aliphatic hydroxyl groups is 1. The Morgan fingerprint density at radius 2 is 2.21 bits per heavy atom. The molecule has 0 aromatic heterocycles. The Kier molecular flexibility index (Phi) is 2.51. The first-order valence-corrected chi connectivity index (χ1v) is 5.22. The van der Waals surface area contributed by atoms with Crippen molar-refractivity contribution in [1.82, 2.24) is 5.32 Å². The van der Waals surface area contributed by atoms with Gasteiger partial charge in [-0.1, -0.05) is 15.9 Å². The fourth-order valence-corrected chi connectivity index (χ4v) is 1.96. The average Bonchev–Trinajstić information content (AvgIpc) is 2.14. The van der Waals surface area contributed by atoms with E-state index in [1.807, 2.05) is 18.2 Å². The minimum absolute atomic E-state index is 0.583. The first-order chi connectivity index (χ1) is 6.65. The number of halogens is 1. The average molecular weight is 258 g/mol. The van der Waals surface area contributed by atoms with Crippen LogP contribution >= 0.6 is 15.9 Å². The zero-order valence-electron chi connectivity index (χ0n) is 7.88. The molecule has 1 heterocycles. The monoisotopic (exact) mass is 257 g/mol. The van der Waals surface area contributed by atoms with Crippen LogP contribution in [0.15, 0.2) is 22.7 Å². The highest BCUT2D eigenvalue weighted by Gasteiger charge is 2.38. The molecule has 0 radical (unpaired) electrons. The van der Waals surface area contributed by atoms with Crippen LogP contribution in [0.4, 0.5) is 0 Å². The highest BCUT2D eigenvalue weighted by Crippen LogP contribution is 2.34. The second-order valence-corrected chi connectivity index (χ2v) is 4.40. The van der Waals surface area contributed by atoms with Gasteiger partial charge in [0.1, 0.15) is 11.4 Å². The maximum Gasteiger partial charge on any atom is 0.125 e. The van der Waals surface area contributed by atoms with Gasteiger partial charge in [0.05, 0.1) is 7.11 Å². The molecule has 0 unspecified atom stereocenters. The second kappa shape index (κ2) is 3.53. The lowest BCUT2D eigenvalue weighted by molar-refractivity contribution is -0.0165. The Labute approximate surface area is 91.2 Å². The van der Waals surface area contributed by atoms with E-state index in [1.165, 1.54) is 0 Å². The molecule has 0 saturated carbocycles. The molecular weight excluding hydrogens is 246 g/mol. The van der Waals surface area contributed by atoms with Crippen molar-refractivity contribution in [3.63, 3.8) is 0 Å². The number of hydrogen-bond acceptors (Lipinski definition) is 3. The number of nitrogens with one attached hydrogen (secondary N) is 1. The van der Waals surface area contributed by atoms with Crippen molar-refractivity contribution in [3.8, 4) is 5.75 Å². The quantitative estimate of drug-likeness (QED) is 0.838. The molecule has 0 atom stereocenters. The van der Waals surface area contributed by atoms with Crippen LogP contribution in [0.25, 0.3) is 0 Å². The summed E-state index contributed by atoms with van der Waals surface area (Å²) in [6, 6.07) is 5.66. The number of ether oxygens (including phenoxy) is 1. The normalized spacial score (nSPS) is 18.8. The number of β-amino-alcohol motifs (C(OH)–C–C–N with tert-alkyl or cyclic N) is 1. The van der Waals surface area contributed by atoms with Crippen LogP contribution in [-0.4, -0.2) is 25.3 Å². The summed E-state index contributed by atoms with van der Waals surface area (Å²) in [5, 5.41) is 13.2. The third kappa shape index (κ3) is 1.54. The minimum atomic E-state index is -0.769. The Morgan fingerprint density at radius 3 is 2.71 bits per heavy atom. The first kappa shape index (κ1) is 9.96. The summed E-state index contributed by atoms with van der Waals surface area (Å²) in [5.74, 6) is 0.734. The summed E-state index contributed by atoms with van der Waals surface area (Å²) in [5.41, 5.74) is 0.0721. The molecule has 0 aliphatic carbocycles. The number of rotatable bonds is 2. The summed E-state index contributed by atoms with van der Waals surface area (Å²) >= 11 is 3.38. The standard InChI is InChI=1S/C10H12BrNO2/c1-14-9-3-2-7(11)4-8(9)10(13)5-12-6-10/h2-4,12-13H,5-6H2,1H3. The molecule has 1 fully saturated rings. The first-order valence-electron chi connectivity index (χ1n) is 4.43.